The molecule has 0 aliphatic rings. The Morgan fingerprint density at radius 1 is 1.26 bits per heavy atom. The predicted octanol–water partition coefficient (Wildman–Crippen LogP) is 3.61. The summed E-state index contributed by atoms with van der Waals surface area (Å²) in [7, 11) is 0. The maximum absolute atomic E-state index is 10.8. The van der Waals surface area contributed by atoms with Gasteiger partial charge in [-0.1, -0.05) is 31.1 Å². The Labute approximate surface area is 115 Å². The van der Waals surface area contributed by atoms with Gasteiger partial charge in [-0.25, -0.2) is 4.79 Å². The van der Waals surface area contributed by atoms with E-state index in [0.29, 0.717) is 5.56 Å². The molecule has 0 aliphatic heterocycles. The number of carbonyl (C=O) groups is 1. The van der Waals surface area contributed by atoms with E-state index >= 15 is 0 Å². The summed E-state index contributed by atoms with van der Waals surface area (Å²) < 4.78 is 0. The molecule has 1 aromatic rings. The second kappa shape index (κ2) is 9.34. The molecule has 0 saturated heterocycles. The Morgan fingerprint density at radius 2 is 2.05 bits per heavy atom. The van der Waals surface area contributed by atoms with Gasteiger partial charge in [-0.15, -0.1) is 6.58 Å². The molecular formula is C16H23NO2. The van der Waals surface area contributed by atoms with Crippen LogP contribution in [-0.4, -0.2) is 17.6 Å². The van der Waals surface area contributed by atoms with Crippen molar-refractivity contribution in [1.29, 1.82) is 0 Å². The van der Waals surface area contributed by atoms with Crippen LogP contribution in [0.5, 0.6) is 0 Å². The third-order valence-corrected chi connectivity index (χ3v) is 3.01. The van der Waals surface area contributed by atoms with Gasteiger partial charge in [-0.3, -0.25) is 0 Å². The molecule has 2 N–H and O–H groups in total. The number of hydrogen-bond donors (Lipinski definition) is 2. The van der Waals surface area contributed by atoms with Crippen molar-refractivity contribution in [2.45, 2.75) is 38.6 Å². The van der Waals surface area contributed by atoms with Gasteiger partial charge in [0, 0.05) is 6.54 Å². The smallest absolute Gasteiger partial charge is 0.335 e. The van der Waals surface area contributed by atoms with Gasteiger partial charge in [0.15, 0.2) is 0 Å². The molecule has 0 aromatic heterocycles. The molecule has 1 aromatic carbocycles. The highest BCUT2D eigenvalue weighted by molar-refractivity contribution is 5.87. The molecule has 0 heterocycles. The zero-order valence-corrected chi connectivity index (χ0v) is 11.4. The van der Waals surface area contributed by atoms with Crippen molar-refractivity contribution < 1.29 is 9.90 Å². The lowest BCUT2D eigenvalue weighted by atomic mass is 10.1. The van der Waals surface area contributed by atoms with E-state index in [4.69, 9.17) is 5.11 Å². The second-order valence-electron chi connectivity index (χ2n) is 4.67. The normalized spacial score (nSPS) is 10.3. The summed E-state index contributed by atoms with van der Waals surface area (Å²) in [6.45, 7) is 5.41. The highest BCUT2D eigenvalue weighted by Crippen LogP contribution is 2.06. The quantitative estimate of drug-likeness (QED) is 0.499. The number of benzene rings is 1. The van der Waals surface area contributed by atoms with E-state index < -0.39 is 5.97 Å². The third-order valence-electron chi connectivity index (χ3n) is 3.01. The van der Waals surface area contributed by atoms with Crippen molar-refractivity contribution >= 4 is 5.97 Å². The lowest BCUT2D eigenvalue weighted by Crippen LogP contribution is -2.15. The highest BCUT2D eigenvalue weighted by atomic mass is 16.4. The first-order chi connectivity index (χ1) is 9.24. The molecule has 0 saturated carbocycles. The standard InChI is InChI=1S/C16H23NO2/c1-2-3-4-5-6-7-11-17-13-14-9-8-10-15(12-14)16(18)19/h2,8-10,12,17H,1,3-7,11,13H2,(H,18,19). The third kappa shape index (κ3) is 6.77. The van der Waals surface area contributed by atoms with Crippen LogP contribution in [0.25, 0.3) is 0 Å². The fourth-order valence-electron chi connectivity index (χ4n) is 1.94. The Bertz CT molecular complexity index is 401. The molecule has 0 atom stereocenters. The number of allylic oxidation sites excluding steroid dienone is 1. The Balaban J connectivity index is 2.14. The van der Waals surface area contributed by atoms with Crippen LogP contribution in [0.2, 0.25) is 0 Å². The van der Waals surface area contributed by atoms with Crippen LogP contribution in [0.3, 0.4) is 0 Å². The van der Waals surface area contributed by atoms with Gasteiger partial charge in [-0.05, 0) is 43.5 Å². The molecule has 0 aliphatic carbocycles. The monoisotopic (exact) mass is 261 g/mol. The van der Waals surface area contributed by atoms with Crippen LogP contribution in [0.1, 0.15) is 48.0 Å². The van der Waals surface area contributed by atoms with Crippen molar-refractivity contribution in [3.8, 4) is 0 Å². The van der Waals surface area contributed by atoms with E-state index in [1.54, 1.807) is 18.2 Å². The van der Waals surface area contributed by atoms with E-state index in [1.165, 1.54) is 19.3 Å². The summed E-state index contributed by atoms with van der Waals surface area (Å²) in [4.78, 5) is 10.8. The van der Waals surface area contributed by atoms with Gasteiger partial charge < -0.3 is 10.4 Å². The van der Waals surface area contributed by atoms with E-state index in [9.17, 15) is 4.79 Å². The number of carboxylic acid groups (broad SMARTS) is 1. The predicted molar refractivity (Wildman–Crippen MR) is 78.4 cm³/mol. The van der Waals surface area contributed by atoms with Crippen LogP contribution in [-0.2, 0) is 6.54 Å². The fourth-order valence-corrected chi connectivity index (χ4v) is 1.94. The first-order valence-corrected chi connectivity index (χ1v) is 6.88. The summed E-state index contributed by atoms with van der Waals surface area (Å²) in [5, 5.41) is 12.2. The zero-order valence-electron chi connectivity index (χ0n) is 11.4. The second-order valence-corrected chi connectivity index (χ2v) is 4.67. The largest absolute Gasteiger partial charge is 0.478 e. The minimum atomic E-state index is -0.871. The number of nitrogens with one attached hydrogen (secondary N) is 1. The summed E-state index contributed by atoms with van der Waals surface area (Å²) in [5.74, 6) is -0.871. The van der Waals surface area contributed by atoms with Crippen molar-refractivity contribution in [2.75, 3.05) is 6.54 Å². The molecule has 104 valence electrons. The fraction of sp³-hybridized carbons (Fsp3) is 0.438. The Morgan fingerprint density at radius 3 is 2.79 bits per heavy atom. The molecule has 0 spiro atoms. The van der Waals surface area contributed by atoms with E-state index in [1.807, 2.05) is 12.1 Å². The van der Waals surface area contributed by atoms with Gasteiger partial charge in [0.1, 0.15) is 0 Å². The van der Waals surface area contributed by atoms with E-state index in [-0.39, 0.29) is 0 Å². The number of unbranched alkanes of at least 4 members (excludes halogenated alkanes) is 4. The molecule has 19 heavy (non-hydrogen) atoms. The Hall–Kier alpha value is -1.61. The lowest BCUT2D eigenvalue weighted by molar-refractivity contribution is 0.0696. The van der Waals surface area contributed by atoms with Gasteiger partial charge in [0.25, 0.3) is 0 Å². The molecule has 3 heteroatoms. The first-order valence-electron chi connectivity index (χ1n) is 6.88. The Kier molecular flexibility index (Phi) is 7.59. The molecule has 0 fully saturated rings. The van der Waals surface area contributed by atoms with Crippen molar-refractivity contribution in [3.05, 3.63) is 48.0 Å². The number of hydrogen-bond acceptors (Lipinski definition) is 2. The molecule has 0 radical (unpaired) electrons. The van der Waals surface area contributed by atoms with Crippen LogP contribution >= 0.6 is 0 Å². The summed E-state index contributed by atoms with van der Waals surface area (Å²) >= 11 is 0. The molecule has 1 rings (SSSR count). The van der Waals surface area contributed by atoms with Crippen LogP contribution in [0, 0.1) is 0 Å². The number of rotatable bonds is 10. The SMILES string of the molecule is C=CCCCCCCNCc1cccc(C(=O)O)c1. The highest BCUT2D eigenvalue weighted by Gasteiger charge is 2.02. The zero-order chi connectivity index (χ0) is 13.9. The lowest BCUT2D eigenvalue weighted by Gasteiger charge is -2.05. The summed E-state index contributed by atoms with van der Waals surface area (Å²) in [6.07, 6.45) is 7.95. The van der Waals surface area contributed by atoms with E-state index in [2.05, 4.69) is 11.9 Å². The maximum atomic E-state index is 10.8. The first kappa shape index (κ1) is 15.4. The minimum absolute atomic E-state index is 0.351. The topological polar surface area (TPSA) is 49.3 Å². The van der Waals surface area contributed by atoms with Crippen LogP contribution < -0.4 is 5.32 Å². The van der Waals surface area contributed by atoms with Gasteiger partial charge >= 0.3 is 5.97 Å². The van der Waals surface area contributed by atoms with Crippen molar-refractivity contribution in [3.63, 3.8) is 0 Å². The average Bonchev–Trinajstić information content (AvgIpc) is 2.42. The van der Waals surface area contributed by atoms with Crippen LogP contribution in [0.4, 0.5) is 0 Å². The van der Waals surface area contributed by atoms with Crippen molar-refractivity contribution in [1.82, 2.24) is 5.32 Å². The molecule has 0 bridgehead atoms. The minimum Gasteiger partial charge on any atom is -0.478 e. The number of carboxylic acids is 1. The van der Waals surface area contributed by atoms with Gasteiger partial charge in [0.05, 0.1) is 5.56 Å². The van der Waals surface area contributed by atoms with Crippen molar-refractivity contribution in [2.24, 2.45) is 0 Å². The number of aromatic carboxylic acids is 1. The molecule has 0 amide bonds. The molecular weight excluding hydrogens is 238 g/mol. The van der Waals surface area contributed by atoms with Crippen LogP contribution in [0.15, 0.2) is 36.9 Å². The summed E-state index contributed by atoms with van der Waals surface area (Å²) in [6, 6.07) is 7.07. The van der Waals surface area contributed by atoms with E-state index in [0.717, 1.165) is 31.5 Å². The maximum Gasteiger partial charge on any atom is 0.335 e. The molecule has 3 nitrogen and oxygen atoms in total. The van der Waals surface area contributed by atoms with Gasteiger partial charge in [0.2, 0.25) is 0 Å². The summed E-state index contributed by atoms with van der Waals surface area (Å²) in [5.41, 5.74) is 1.37. The average molecular weight is 261 g/mol. The van der Waals surface area contributed by atoms with Gasteiger partial charge in [-0.2, -0.15) is 0 Å². The molecule has 0 unspecified atom stereocenters.